The van der Waals surface area contributed by atoms with Gasteiger partial charge < -0.3 is 0 Å². The van der Waals surface area contributed by atoms with E-state index < -0.39 is 10.8 Å². The topological polar surface area (TPSA) is 12.9 Å². The summed E-state index contributed by atoms with van der Waals surface area (Å²) < 4.78 is 0. The van der Waals surface area contributed by atoms with Crippen molar-refractivity contribution < 1.29 is 0 Å². The molecule has 2 atom stereocenters. The second kappa shape index (κ2) is 8.52. The molecule has 10 rings (SSSR count). The van der Waals surface area contributed by atoms with Crippen molar-refractivity contribution in [2.24, 2.45) is 0 Å². The maximum absolute atomic E-state index is 4.70. The highest BCUT2D eigenvalue weighted by molar-refractivity contribution is 5.96. The van der Waals surface area contributed by atoms with E-state index in [0.29, 0.717) is 0 Å². The molecule has 1 aromatic heterocycles. The Morgan fingerprint density at radius 3 is 1.68 bits per heavy atom. The van der Waals surface area contributed by atoms with Crippen LogP contribution < -0.4 is 0 Å². The highest BCUT2D eigenvalue weighted by Crippen LogP contribution is 2.68. The van der Waals surface area contributed by atoms with Crippen LogP contribution in [0.4, 0.5) is 0 Å². The molecular weight excluding hydrogens is 530 g/mol. The third-order valence-electron chi connectivity index (χ3n) is 10.4. The smallest absolute Gasteiger partial charge is 0.0720 e. The van der Waals surface area contributed by atoms with Gasteiger partial charge in [0.05, 0.1) is 16.5 Å². The molecule has 6 aromatic carbocycles. The van der Waals surface area contributed by atoms with E-state index >= 15 is 0 Å². The van der Waals surface area contributed by atoms with Gasteiger partial charge in [0.15, 0.2) is 0 Å². The highest BCUT2D eigenvalue weighted by atomic mass is 14.7. The molecule has 0 radical (unpaired) electrons. The minimum absolute atomic E-state index is 0.406. The Balaban J connectivity index is 1.40. The first-order chi connectivity index (χ1) is 21.8. The van der Waals surface area contributed by atoms with Crippen molar-refractivity contribution in [3.63, 3.8) is 0 Å². The average Bonchev–Trinajstić information content (AvgIpc) is 3.57. The van der Waals surface area contributed by atoms with Gasteiger partial charge in [0.25, 0.3) is 0 Å². The number of aromatic nitrogens is 1. The summed E-state index contributed by atoms with van der Waals surface area (Å²) in [5.74, 6) is 0. The lowest BCUT2D eigenvalue weighted by Gasteiger charge is -2.48. The number of pyridine rings is 1. The van der Waals surface area contributed by atoms with E-state index in [2.05, 4.69) is 152 Å². The minimum atomic E-state index is -0.448. The molecular formula is C43H27N. The Morgan fingerprint density at radius 1 is 0.364 bits per heavy atom. The maximum Gasteiger partial charge on any atom is 0.0720 e. The molecule has 0 N–H and O–H groups in total. The molecule has 3 aliphatic carbocycles. The van der Waals surface area contributed by atoms with Gasteiger partial charge in [-0.15, -0.1) is 0 Å². The van der Waals surface area contributed by atoms with Crippen LogP contribution in [0.1, 0.15) is 44.5 Å². The lowest BCUT2D eigenvalue weighted by molar-refractivity contribution is 0.636. The van der Waals surface area contributed by atoms with Gasteiger partial charge in [0.1, 0.15) is 0 Å². The molecule has 0 amide bonds. The van der Waals surface area contributed by atoms with Crippen LogP contribution in [0.25, 0.3) is 33.5 Å². The Morgan fingerprint density at radius 2 is 0.932 bits per heavy atom. The van der Waals surface area contributed by atoms with Gasteiger partial charge in [-0.1, -0.05) is 140 Å². The third-order valence-corrected chi connectivity index (χ3v) is 10.4. The van der Waals surface area contributed by atoms with Crippen molar-refractivity contribution in [1.29, 1.82) is 0 Å². The predicted molar refractivity (Wildman–Crippen MR) is 178 cm³/mol. The molecule has 1 heterocycles. The van der Waals surface area contributed by atoms with Gasteiger partial charge in [-0.25, -0.2) is 0 Å². The summed E-state index contributed by atoms with van der Waals surface area (Å²) in [4.78, 5) is 4.70. The summed E-state index contributed by atoms with van der Waals surface area (Å²) in [5.41, 5.74) is 17.5. The zero-order chi connectivity index (χ0) is 28.9. The van der Waals surface area contributed by atoms with Gasteiger partial charge in [-0.3, -0.25) is 4.98 Å². The van der Waals surface area contributed by atoms with Crippen molar-refractivity contribution in [2.75, 3.05) is 0 Å². The SMILES string of the molecule is c1ccc(C23c4ccccc4-c4cccc(c42)C2(c4ccccc4-c4cc(-c5ccccn5)ccc42)c2ccccc23)cc1. The largest absolute Gasteiger partial charge is 0.256 e. The Hall–Kier alpha value is -5.53. The highest BCUT2D eigenvalue weighted by Gasteiger charge is 2.59. The summed E-state index contributed by atoms with van der Waals surface area (Å²) in [6.07, 6.45) is 1.88. The molecule has 3 aliphatic rings. The van der Waals surface area contributed by atoms with Crippen LogP contribution in [0.3, 0.4) is 0 Å². The number of hydrogen-bond donors (Lipinski definition) is 0. The summed E-state index contributed by atoms with van der Waals surface area (Å²) in [5, 5.41) is 0. The summed E-state index contributed by atoms with van der Waals surface area (Å²) in [7, 11) is 0. The van der Waals surface area contributed by atoms with Crippen molar-refractivity contribution in [3.05, 3.63) is 208 Å². The van der Waals surface area contributed by atoms with Gasteiger partial charge in [0, 0.05) is 11.8 Å². The van der Waals surface area contributed by atoms with E-state index in [1.165, 1.54) is 66.8 Å². The Bertz CT molecular complexity index is 2280. The lowest BCUT2D eigenvalue weighted by atomic mass is 9.52. The van der Waals surface area contributed by atoms with E-state index in [9.17, 15) is 0 Å². The number of hydrogen-bond acceptors (Lipinski definition) is 1. The van der Waals surface area contributed by atoms with Crippen LogP contribution in [0.15, 0.2) is 164 Å². The molecule has 0 saturated heterocycles. The first-order valence-corrected chi connectivity index (χ1v) is 15.4. The van der Waals surface area contributed by atoms with E-state index in [-0.39, 0.29) is 0 Å². The molecule has 204 valence electrons. The van der Waals surface area contributed by atoms with E-state index in [1.54, 1.807) is 0 Å². The van der Waals surface area contributed by atoms with E-state index in [4.69, 9.17) is 4.98 Å². The first-order valence-electron chi connectivity index (χ1n) is 15.4. The van der Waals surface area contributed by atoms with Crippen LogP contribution in [-0.2, 0) is 10.8 Å². The monoisotopic (exact) mass is 557 g/mol. The van der Waals surface area contributed by atoms with E-state index in [1.807, 2.05) is 12.3 Å². The maximum atomic E-state index is 4.70. The van der Waals surface area contributed by atoms with Gasteiger partial charge in [-0.2, -0.15) is 0 Å². The molecule has 44 heavy (non-hydrogen) atoms. The van der Waals surface area contributed by atoms with Crippen LogP contribution in [0.5, 0.6) is 0 Å². The van der Waals surface area contributed by atoms with Crippen molar-refractivity contribution in [2.45, 2.75) is 10.8 Å². The zero-order valence-corrected chi connectivity index (χ0v) is 24.0. The average molecular weight is 558 g/mol. The van der Waals surface area contributed by atoms with Crippen molar-refractivity contribution >= 4 is 0 Å². The van der Waals surface area contributed by atoms with Gasteiger partial charge in [0.2, 0.25) is 0 Å². The van der Waals surface area contributed by atoms with Crippen LogP contribution in [-0.4, -0.2) is 4.98 Å². The summed E-state index contributed by atoms with van der Waals surface area (Å²) in [6, 6.07) is 58.8. The van der Waals surface area contributed by atoms with Crippen molar-refractivity contribution in [3.8, 4) is 33.5 Å². The Labute approximate surface area is 257 Å². The molecule has 1 spiro atoms. The minimum Gasteiger partial charge on any atom is -0.256 e. The first kappa shape index (κ1) is 24.0. The molecule has 0 saturated carbocycles. The zero-order valence-electron chi connectivity index (χ0n) is 24.0. The van der Waals surface area contributed by atoms with E-state index in [0.717, 1.165) is 11.3 Å². The van der Waals surface area contributed by atoms with Gasteiger partial charge in [-0.05, 0) is 85.0 Å². The molecule has 1 heteroatoms. The molecule has 2 unspecified atom stereocenters. The second-order valence-corrected chi connectivity index (χ2v) is 12.2. The standard InChI is InChI=1S/C43H27N/c1-2-13-29(14-3-1)42-34-18-6-4-15-30(34)32-17-12-22-39(41(32)42)43(38-21-9-8-20-37(38)42)35-19-7-5-16-31(35)33-27-28(24-25-36(33)43)40-23-10-11-26-44-40/h1-27H. The summed E-state index contributed by atoms with van der Waals surface area (Å²) in [6.45, 7) is 0. The summed E-state index contributed by atoms with van der Waals surface area (Å²) >= 11 is 0. The normalized spacial score (nSPS) is 19.5. The van der Waals surface area contributed by atoms with Crippen molar-refractivity contribution in [1.82, 2.24) is 4.98 Å². The molecule has 1 nitrogen and oxygen atoms in total. The molecule has 0 aliphatic heterocycles. The number of benzene rings is 6. The number of fused-ring (bicyclic) bond motifs is 12. The van der Waals surface area contributed by atoms with Crippen LogP contribution >= 0.6 is 0 Å². The Kier molecular flexibility index (Phi) is 4.64. The third kappa shape index (κ3) is 2.70. The second-order valence-electron chi connectivity index (χ2n) is 12.2. The van der Waals surface area contributed by atoms with Gasteiger partial charge >= 0.3 is 0 Å². The molecule has 7 aromatic rings. The lowest BCUT2D eigenvalue weighted by Crippen LogP contribution is -2.43. The quantitative estimate of drug-likeness (QED) is 0.206. The van der Waals surface area contributed by atoms with Crippen LogP contribution in [0, 0.1) is 0 Å². The molecule has 0 bridgehead atoms. The fourth-order valence-electron chi connectivity index (χ4n) is 8.94. The number of rotatable bonds is 2. The molecule has 0 fully saturated rings. The van der Waals surface area contributed by atoms with Crippen LogP contribution in [0.2, 0.25) is 0 Å². The number of nitrogens with zero attached hydrogens (tertiary/aromatic N) is 1. The fraction of sp³-hybridized carbons (Fsp3) is 0.0465. The fourth-order valence-corrected chi connectivity index (χ4v) is 8.94. The predicted octanol–water partition coefficient (Wildman–Crippen LogP) is 9.79.